The molecule has 1 heterocycles. The summed E-state index contributed by atoms with van der Waals surface area (Å²) >= 11 is 0. The van der Waals surface area contributed by atoms with Crippen LogP contribution in [0.1, 0.15) is 46.0 Å². The third-order valence-electron chi connectivity index (χ3n) is 8.40. The van der Waals surface area contributed by atoms with Crippen molar-refractivity contribution in [3.05, 3.63) is 24.3 Å². The third kappa shape index (κ3) is 1.30. The highest BCUT2D eigenvalue weighted by Crippen LogP contribution is 2.79. The van der Waals surface area contributed by atoms with Gasteiger partial charge in [0.05, 0.1) is 5.41 Å². The molecule has 2 N–H and O–H groups in total. The lowest BCUT2D eigenvalue weighted by atomic mass is 9.41. The van der Waals surface area contributed by atoms with Crippen LogP contribution in [0.4, 0.5) is 0 Å². The number of esters is 1. The summed E-state index contributed by atoms with van der Waals surface area (Å²) in [7, 11) is 0. The molecule has 5 heteroatoms. The first-order valence-corrected chi connectivity index (χ1v) is 9.20. The maximum absolute atomic E-state index is 13.3. The van der Waals surface area contributed by atoms with Gasteiger partial charge in [0, 0.05) is 11.0 Å². The number of allylic oxidation sites excluding steroid dienone is 2. The molecular weight excluding hydrogens is 320 g/mol. The van der Waals surface area contributed by atoms with Gasteiger partial charge < -0.3 is 14.9 Å². The Balaban J connectivity index is 1.83. The molecule has 7 unspecified atom stereocenters. The molecule has 0 aromatic heterocycles. The van der Waals surface area contributed by atoms with Crippen molar-refractivity contribution in [1.82, 2.24) is 0 Å². The van der Waals surface area contributed by atoms with Crippen LogP contribution in [0.5, 0.6) is 0 Å². The van der Waals surface area contributed by atoms with Gasteiger partial charge in [-0.25, -0.2) is 0 Å². The van der Waals surface area contributed by atoms with Crippen LogP contribution >= 0.6 is 0 Å². The molecule has 3 saturated carbocycles. The van der Waals surface area contributed by atoms with E-state index in [0.29, 0.717) is 25.2 Å². The van der Waals surface area contributed by atoms with Gasteiger partial charge in [0.1, 0.15) is 11.0 Å². The monoisotopic (exact) mass is 344 g/mol. The minimum Gasteiger partial charge on any atom is -0.424 e. The van der Waals surface area contributed by atoms with Crippen LogP contribution in [-0.4, -0.2) is 33.4 Å². The van der Waals surface area contributed by atoms with E-state index in [9.17, 15) is 19.8 Å². The van der Waals surface area contributed by atoms with Crippen LogP contribution in [0.25, 0.3) is 0 Å². The molecule has 25 heavy (non-hydrogen) atoms. The minimum atomic E-state index is -2.17. The van der Waals surface area contributed by atoms with Crippen molar-refractivity contribution in [3.63, 3.8) is 0 Å². The summed E-state index contributed by atoms with van der Waals surface area (Å²) in [4.78, 5) is 26.4. The summed E-state index contributed by atoms with van der Waals surface area (Å²) in [6.07, 6.45) is 6.52. The average molecular weight is 344 g/mol. The number of Topliss-reactive ketones (excluding diaryl/α,β-unsaturated/α-hetero) is 1. The number of hydrogen-bond acceptors (Lipinski definition) is 5. The van der Waals surface area contributed by atoms with Gasteiger partial charge in [0.2, 0.25) is 5.78 Å². The lowest BCUT2D eigenvalue weighted by molar-refractivity contribution is -0.252. The molecule has 0 radical (unpaired) electrons. The van der Waals surface area contributed by atoms with Crippen LogP contribution in [0.3, 0.4) is 0 Å². The number of hydrogen-bond donors (Lipinski definition) is 2. The summed E-state index contributed by atoms with van der Waals surface area (Å²) in [6.45, 7) is 7.57. The average Bonchev–Trinajstić information content (AvgIpc) is 3.33. The first kappa shape index (κ1) is 15.8. The van der Waals surface area contributed by atoms with Gasteiger partial charge in [0.25, 0.3) is 5.79 Å². The molecular formula is C20H24O5. The van der Waals surface area contributed by atoms with E-state index in [1.54, 1.807) is 19.1 Å². The van der Waals surface area contributed by atoms with Gasteiger partial charge in [-0.2, -0.15) is 0 Å². The first-order chi connectivity index (χ1) is 11.6. The van der Waals surface area contributed by atoms with E-state index in [4.69, 9.17) is 4.74 Å². The Hall–Kier alpha value is -1.46. The van der Waals surface area contributed by atoms with E-state index in [0.717, 1.165) is 12.8 Å². The van der Waals surface area contributed by atoms with E-state index in [1.165, 1.54) is 0 Å². The SMILES string of the molecule is C=CC1(C)C=C2C(=O)C3(O)OC(=O)C4(CCC5CC5C34C)C2(O)CC1. The molecule has 7 atom stereocenters. The highest BCUT2D eigenvalue weighted by Gasteiger charge is 2.90. The summed E-state index contributed by atoms with van der Waals surface area (Å²) in [5, 5.41) is 23.1. The van der Waals surface area contributed by atoms with Gasteiger partial charge in [-0.05, 0) is 43.9 Å². The fraction of sp³-hybridized carbons (Fsp3) is 0.700. The maximum atomic E-state index is 13.3. The molecule has 1 saturated heterocycles. The first-order valence-electron chi connectivity index (χ1n) is 9.20. The number of rotatable bonds is 1. The highest BCUT2D eigenvalue weighted by molar-refractivity contribution is 6.11. The summed E-state index contributed by atoms with van der Waals surface area (Å²) < 4.78 is 5.42. The molecule has 134 valence electrons. The molecule has 4 aliphatic carbocycles. The maximum Gasteiger partial charge on any atom is 0.319 e. The standard InChI is InChI=1S/C20H24O5/c1-4-16(2)7-8-19(23)13(10-16)14(21)20(24)17(3)12-9-11(12)5-6-18(17,19)15(22)25-20/h4,10-12,23-24H,1,5-9H2,2-3H3. The number of ether oxygens (including phenoxy) is 1. The predicted octanol–water partition coefficient (Wildman–Crippen LogP) is 1.88. The molecule has 0 aromatic rings. The molecule has 1 aliphatic heterocycles. The lowest BCUT2D eigenvalue weighted by Gasteiger charge is -2.60. The molecule has 2 bridgehead atoms. The zero-order chi connectivity index (χ0) is 18.0. The quantitative estimate of drug-likeness (QED) is 0.560. The fourth-order valence-electron chi connectivity index (χ4n) is 6.67. The van der Waals surface area contributed by atoms with Crippen LogP contribution in [-0.2, 0) is 14.3 Å². The van der Waals surface area contributed by atoms with E-state index < -0.39 is 39.4 Å². The van der Waals surface area contributed by atoms with Crippen molar-refractivity contribution in [3.8, 4) is 0 Å². The molecule has 0 aromatic carbocycles. The van der Waals surface area contributed by atoms with Crippen LogP contribution < -0.4 is 0 Å². The zero-order valence-electron chi connectivity index (χ0n) is 14.7. The van der Waals surface area contributed by atoms with Crippen LogP contribution in [0.2, 0.25) is 0 Å². The summed E-state index contributed by atoms with van der Waals surface area (Å²) in [5.74, 6) is -2.96. The van der Waals surface area contributed by atoms with E-state index in [1.807, 2.05) is 6.92 Å². The Bertz CT molecular complexity index is 785. The normalized spacial score (nSPS) is 58.5. The van der Waals surface area contributed by atoms with Gasteiger partial charge in [-0.15, -0.1) is 6.58 Å². The summed E-state index contributed by atoms with van der Waals surface area (Å²) in [6, 6.07) is 0. The number of carbonyl (C=O) groups excluding carboxylic acids is 2. The van der Waals surface area contributed by atoms with E-state index >= 15 is 0 Å². The number of carbonyl (C=O) groups is 2. The molecule has 5 nitrogen and oxygen atoms in total. The number of fused-ring (bicyclic) bond motifs is 2. The Morgan fingerprint density at radius 3 is 2.64 bits per heavy atom. The van der Waals surface area contributed by atoms with Crippen molar-refractivity contribution >= 4 is 11.8 Å². The van der Waals surface area contributed by atoms with Gasteiger partial charge >= 0.3 is 5.97 Å². The second-order valence-electron chi connectivity index (χ2n) is 9.24. The topological polar surface area (TPSA) is 83.8 Å². The second kappa shape index (κ2) is 3.94. The summed E-state index contributed by atoms with van der Waals surface area (Å²) in [5.41, 5.74) is -4.18. The van der Waals surface area contributed by atoms with Crippen LogP contribution in [0.15, 0.2) is 24.3 Å². The Labute approximate surface area is 146 Å². The molecule has 5 aliphatic rings. The zero-order valence-corrected chi connectivity index (χ0v) is 14.7. The largest absolute Gasteiger partial charge is 0.424 e. The smallest absolute Gasteiger partial charge is 0.319 e. The second-order valence-corrected chi connectivity index (χ2v) is 9.24. The number of ketones is 1. The van der Waals surface area contributed by atoms with Crippen molar-refractivity contribution in [2.45, 2.75) is 57.3 Å². The predicted molar refractivity (Wildman–Crippen MR) is 88.0 cm³/mol. The Morgan fingerprint density at radius 1 is 1.24 bits per heavy atom. The Kier molecular flexibility index (Phi) is 2.48. The molecule has 0 spiro atoms. The lowest BCUT2D eigenvalue weighted by Crippen LogP contribution is -2.73. The third-order valence-corrected chi connectivity index (χ3v) is 8.40. The van der Waals surface area contributed by atoms with Gasteiger partial charge in [0.15, 0.2) is 0 Å². The molecule has 5 rings (SSSR count). The van der Waals surface area contributed by atoms with E-state index in [2.05, 4.69) is 6.58 Å². The van der Waals surface area contributed by atoms with E-state index in [-0.39, 0.29) is 11.5 Å². The highest BCUT2D eigenvalue weighted by atomic mass is 16.7. The fourth-order valence-corrected chi connectivity index (χ4v) is 6.67. The number of aliphatic hydroxyl groups is 2. The van der Waals surface area contributed by atoms with Crippen molar-refractivity contribution in [2.75, 3.05) is 0 Å². The van der Waals surface area contributed by atoms with Gasteiger partial charge in [-0.1, -0.05) is 26.0 Å². The van der Waals surface area contributed by atoms with Crippen molar-refractivity contribution in [2.24, 2.45) is 28.1 Å². The molecule has 4 fully saturated rings. The Morgan fingerprint density at radius 2 is 1.96 bits per heavy atom. The van der Waals surface area contributed by atoms with Crippen LogP contribution in [0, 0.1) is 28.1 Å². The molecule has 0 amide bonds. The van der Waals surface area contributed by atoms with Crippen molar-refractivity contribution < 1.29 is 24.5 Å². The van der Waals surface area contributed by atoms with Crippen molar-refractivity contribution in [1.29, 1.82) is 0 Å². The van der Waals surface area contributed by atoms with Gasteiger partial charge in [-0.3, -0.25) is 9.59 Å². The minimum absolute atomic E-state index is 0.0416.